The van der Waals surface area contributed by atoms with Crippen molar-refractivity contribution < 1.29 is 4.32 Å². The van der Waals surface area contributed by atoms with E-state index in [1.807, 2.05) is 13.8 Å². The van der Waals surface area contributed by atoms with Crippen molar-refractivity contribution >= 4 is 7.56 Å². The minimum atomic E-state index is -0.516. The summed E-state index contributed by atoms with van der Waals surface area (Å²) in [5.74, 6) is 5.30. The van der Waals surface area contributed by atoms with Gasteiger partial charge < -0.3 is 4.32 Å². The second kappa shape index (κ2) is 3.73. The molecule has 0 radical (unpaired) electrons. The molecule has 0 fully saturated rings. The Bertz CT molecular complexity index is 88.0. The molecule has 0 aromatic heterocycles. The number of rotatable bonds is 0. The average Bonchev–Trinajstić information content (AvgIpc) is 1.61. The van der Waals surface area contributed by atoms with E-state index in [1.165, 1.54) is 0 Å². The van der Waals surface area contributed by atoms with E-state index in [-0.39, 0.29) is 0 Å². The third-order valence-electron chi connectivity index (χ3n) is 0.458. The van der Waals surface area contributed by atoms with Crippen LogP contribution in [0.4, 0.5) is 4.32 Å². The molecule has 0 N–H and O–H groups in total. The van der Waals surface area contributed by atoms with E-state index in [1.54, 1.807) is 0 Å². The second-order valence-electron chi connectivity index (χ2n) is 1.61. The van der Waals surface area contributed by atoms with Gasteiger partial charge >= 0.3 is 7.56 Å². The summed E-state index contributed by atoms with van der Waals surface area (Å²) in [6, 6.07) is 0. The Morgan fingerprint density at radius 1 is 1.57 bits per heavy atom. The summed E-state index contributed by atoms with van der Waals surface area (Å²) >= 11 is 0. The van der Waals surface area contributed by atoms with Gasteiger partial charge in [0, 0.05) is 5.92 Å². The summed E-state index contributed by atoms with van der Waals surface area (Å²) in [4.78, 5) is 0. The first-order valence-corrected chi connectivity index (χ1v) is 2.31. The van der Waals surface area contributed by atoms with Crippen molar-refractivity contribution in [2.45, 2.75) is 13.8 Å². The second-order valence-corrected chi connectivity index (χ2v) is 1.61. The highest BCUT2D eigenvalue weighted by atomic mass is 19.1. The van der Waals surface area contributed by atoms with Crippen LogP contribution in [0.3, 0.4) is 0 Å². The highest BCUT2D eigenvalue weighted by Crippen LogP contribution is 1.83. The van der Waals surface area contributed by atoms with E-state index >= 15 is 0 Å². The molecule has 0 rings (SSSR count). The molecule has 0 aromatic rings. The molecule has 0 bridgehead atoms. The van der Waals surface area contributed by atoms with Crippen LogP contribution in [0.15, 0.2) is 0 Å². The lowest BCUT2D eigenvalue weighted by Gasteiger charge is -1.82. The van der Waals surface area contributed by atoms with Crippen LogP contribution in [0.1, 0.15) is 13.8 Å². The molecule has 0 heterocycles. The molecule has 0 unspecified atom stereocenters. The zero-order chi connectivity index (χ0) is 5.70. The van der Waals surface area contributed by atoms with E-state index in [2.05, 4.69) is 11.7 Å². The van der Waals surface area contributed by atoms with E-state index < -0.39 is 7.56 Å². The first-order valence-electron chi connectivity index (χ1n) is 2.31. The van der Waals surface area contributed by atoms with Gasteiger partial charge in [-0.1, -0.05) is 13.8 Å². The lowest BCUT2D eigenvalue weighted by molar-refractivity contribution is 0.863. The van der Waals surface area contributed by atoms with Crippen molar-refractivity contribution in [3.63, 3.8) is 0 Å². The van der Waals surface area contributed by atoms with Crippen molar-refractivity contribution in [1.82, 2.24) is 0 Å². The molecule has 0 saturated heterocycles. The summed E-state index contributed by atoms with van der Waals surface area (Å²) in [5.41, 5.74) is 0. The van der Waals surface area contributed by atoms with Gasteiger partial charge in [-0.3, -0.25) is 0 Å². The third-order valence-corrected chi connectivity index (χ3v) is 0.458. The molecule has 0 aliphatic rings. The van der Waals surface area contributed by atoms with Gasteiger partial charge in [-0.05, 0) is 0 Å². The highest BCUT2D eigenvalue weighted by Gasteiger charge is 1.79. The maximum absolute atomic E-state index is 11.2. The molecular formula is C5H8BF. The third kappa shape index (κ3) is 5.55. The molecule has 0 nitrogen and oxygen atoms in total. The van der Waals surface area contributed by atoms with Crippen molar-refractivity contribution in [1.29, 1.82) is 0 Å². The lowest BCUT2D eigenvalue weighted by atomic mass is 10.1. The first-order chi connectivity index (χ1) is 3.27. The van der Waals surface area contributed by atoms with E-state index in [9.17, 15) is 4.32 Å². The Labute approximate surface area is 44.4 Å². The minimum absolute atomic E-state index is 0.302. The molecule has 0 aliphatic heterocycles. The predicted molar refractivity (Wildman–Crippen MR) is 30.9 cm³/mol. The van der Waals surface area contributed by atoms with Gasteiger partial charge in [-0.15, -0.1) is 11.7 Å². The Balaban J connectivity index is 3.24. The Morgan fingerprint density at radius 2 is 2.14 bits per heavy atom. The molecule has 0 spiro atoms. The van der Waals surface area contributed by atoms with Gasteiger partial charge in [0.25, 0.3) is 0 Å². The number of hydrogen-bond donors (Lipinski definition) is 0. The maximum Gasteiger partial charge on any atom is 0.413 e. The van der Waals surface area contributed by atoms with Gasteiger partial charge in [0.15, 0.2) is 0 Å². The van der Waals surface area contributed by atoms with Gasteiger partial charge in [0.1, 0.15) is 0 Å². The molecule has 0 atom stereocenters. The summed E-state index contributed by atoms with van der Waals surface area (Å²) in [6.07, 6.45) is 0. The van der Waals surface area contributed by atoms with Crippen molar-refractivity contribution in [3.8, 4) is 11.7 Å². The van der Waals surface area contributed by atoms with Gasteiger partial charge in [-0.2, -0.15) is 0 Å². The van der Waals surface area contributed by atoms with Crippen LogP contribution in [0.25, 0.3) is 0 Å². The number of hydrogen-bond acceptors (Lipinski definition) is 0. The number of halogens is 1. The normalized spacial score (nSPS) is 7.43. The van der Waals surface area contributed by atoms with Crippen LogP contribution in [0, 0.1) is 17.7 Å². The SMILES string of the molecule is CC(C)C#CBF. The summed E-state index contributed by atoms with van der Waals surface area (Å²) in [5, 5.41) is 0. The largest absolute Gasteiger partial charge is 0.413 e. The summed E-state index contributed by atoms with van der Waals surface area (Å²) < 4.78 is 11.2. The fourth-order valence-corrected chi connectivity index (χ4v) is 0.243. The molecule has 2 heteroatoms. The highest BCUT2D eigenvalue weighted by molar-refractivity contribution is 6.37. The van der Waals surface area contributed by atoms with Crippen LogP contribution in [-0.4, -0.2) is 7.56 Å². The van der Waals surface area contributed by atoms with Crippen LogP contribution >= 0.6 is 0 Å². The van der Waals surface area contributed by atoms with Crippen LogP contribution in [-0.2, 0) is 0 Å². The zero-order valence-corrected chi connectivity index (χ0v) is 4.66. The minimum Gasteiger partial charge on any atom is -0.322 e. The standard InChI is InChI=1S/C5H8BF/c1-5(2)3-4-6-7/h5-6H,1-2H3. The Kier molecular flexibility index (Phi) is 3.50. The predicted octanol–water partition coefficient (Wildman–Crippen LogP) is 0.924. The van der Waals surface area contributed by atoms with Crippen LogP contribution < -0.4 is 0 Å². The Hall–Kier alpha value is -0.445. The van der Waals surface area contributed by atoms with E-state index in [0.29, 0.717) is 5.92 Å². The van der Waals surface area contributed by atoms with E-state index in [0.717, 1.165) is 0 Å². The zero-order valence-electron chi connectivity index (χ0n) is 4.66. The van der Waals surface area contributed by atoms with Crippen molar-refractivity contribution in [2.24, 2.45) is 5.92 Å². The topological polar surface area (TPSA) is 0 Å². The fraction of sp³-hybridized carbons (Fsp3) is 0.600. The fourth-order valence-electron chi connectivity index (χ4n) is 0.243. The lowest BCUT2D eigenvalue weighted by Crippen LogP contribution is -1.78. The van der Waals surface area contributed by atoms with Crippen molar-refractivity contribution in [2.75, 3.05) is 0 Å². The quantitative estimate of drug-likeness (QED) is 0.312. The van der Waals surface area contributed by atoms with Crippen LogP contribution in [0.5, 0.6) is 0 Å². The molecule has 0 aromatic carbocycles. The monoisotopic (exact) mass is 98.1 g/mol. The molecular weight excluding hydrogens is 89.9 g/mol. The molecule has 38 valence electrons. The van der Waals surface area contributed by atoms with E-state index in [4.69, 9.17) is 0 Å². The average molecular weight is 97.9 g/mol. The van der Waals surface area contributed by atoms with Crippen LogP contribution in [0.2, 0.25) is 0 Å². The molecule has 0 aliphatic carbocycles. The summed E-state index contributed by atoms with van der Waals surface area (Å²) in [6.45, 7) is 3.87. The Morgan fingerprint density at radius 3 is 2.29 bits per heavy atom. The smallest absolute Gasteiger partial charge is 0.322 e. The molecule has 0 amide bonds. The van der Waals surface area contributed by atoms with Crippen molar-refractivity contribution in [3.05, 3.63) is 0 Å². The maximum atomic E-state index is 11.2. The van der Waals surface area contributed by atoms with Gasteiger partial charge in [0.2, 0.25) is 0 Å². The molecule has 7 heavy (non-hydrogen) atoms. The van der Waals surface area contributed by atoms with Gasteiger partial charge in [-0.25, -0.2) is 0 Å². The first kappa shape index (κ1) is 6.55. The summed E-state index contributed by atoms with van der Waals surface area (Å²) in [7, 11) is -0.516. The van der Waals surface area contributed by atoms with Gasteiger partial charge in [0.05, 0.1) is 0 Å². The molecule has 0 saturated carbocycles.